The van der Waals surface area contributed by atoms with Gasteiger partial charge in [-0.3, -0.25) is 0 Å². The highest BCUT2D eigenvalue weighted by atomic mass is 16.2. The highest BCUT2D eigenvalue weighted by Crippen LogP contribution is 2.16. The van der Waals surface area contributed by atoms with Crippen molar-refractivity contribution in [3.05, 3.63) is 0 Å². The molecule has 0 saturated carbocycles. The molecule has 2 rings (SSSR count). The molecule has 2 aliphatic heterocycles. The van der Waals surface area contributed by atoms with Gasteiger partial charge in [0, 0.05) is 19.6 Å². The summed E-state index contributed by atoms with van der Waals surface area (Å²) in [6.45, 7) is 7.11. The Kier molecular flexibility index (Phi) is 3.46. The zero-order chi connectivity index (χ0) is 10.7. The summed E-state index contributed by atoms with van der Waals surface area (Å²) in [7, 11) is 0. The van der Waals surface area contributed by atoms with E-state index in [2.05, 4.69) is 17.6 Å². The maximum Gasteiger partial charge on any atom is 0.317 e. The molecule has 86 valence electrons. The second-order valence-corrected chi connectivity index (χ2v) is 4.89. The summed E-state index contributed by atoms with van der Waals surface area (Å²) in [6, 6.07) is 0.131. The van der Waals surface area contributed by atoms with Crippen molar-refractivity contribution in [2.24, 2.45) is 11.8 Å². The molecule has 2 aliphatic rings. The standard InChI is InChI=1S/C11H21N3O/c1-9-6-13-11(15)14(7-9)8-10-2-4-12-5-3-10/h9-10,12H,2-8H2,1H3,(H,13,15). The summed E-state index contributed by atoms with van der Waals surface area (Å²) in [4.78, 5) is 13.6. The lowest BCUT2D eigenvalue weighted by atomic mass is 9.97. The minimum atomic E-state index is 0.131. The molecule has 2 heterocycles. The summed E-state index contributed by atoms with van der Waals surface area (Å²) in [5.41, 5.74) is 0. The maximum atomic E-state index is 11.6. The van der Waals surface area contributed by atoms with E-state index < -0.39 is 0 Å². The second kappa shape index (κ2) is 4.84. The van der Waals surface area contributed by atoms with Gasteiger partial charge in [0.25, 0.3) is 0 Å². The molecule has 4 heteroatoms. The van der Waals surface area contributed by atoms with Crippen molar-refractivity contribution in [2.45, 2.75) is 19.8 Å². The summed E-state index contributed by atoms with van der Waals surface area (Å²) >= 11 is 0. The third kappa shape index (κ3) is 2.84. The Bertz CT molecular complexity index is 226. The fourth-order valence-electron chi connectivity index (χ4n) is 2.43. The first kappa shape index (κ1) is 10.7. The van der Waals surface area contributed by atoms with Crippen LogP contribution in [0.15, 0.2) is 0 Å². The predicted octanol–water partition coefficient (Wildman–Crippen LogP) is 0.647. The molecule has 0 spiro atoms. The van der Waals surface area contributed by atoms with Crippen molar-refractivity contribution in [2.75, 3.05) is 32.7 Å². The van der Waals surface area contributed by atoms with Gasteiger partial charge < -0.3 is 15.5 Å². The minimum absolute atomic E-state index is 0.131. The van der Waals surface area contributed by atoms with E-state index in [9.17, 15) is 4.79 Å². The number of hydrogen-bond donors (Lipinski definition) is 2. The lowest BCUT2D eigenvalue weighted by Crippen LogP contribution is -2.52. The van der Waals surface area contributed by atoms with Crippen LogP contribution in [0, 0.1) is 11.8 Å². The number of urea groups is 1. The van der Waals surface area contributed by atoms with E-state index >= 15 is 0 Å². The van der Waals surface area contributed by atoms with Crippen LogP contribution in [0.25, 0.3) is 0 Å². The summed E-state index contributed by atoms with van der Waals surface area (Å²) in [5, 5.41) is 6.30. The van der Waals surface area contributed by atoms with Crippen LogP contribution < -0.4 is 10.6 Å². The van der Waals surface area contributed by atoms with Gasteiger partial charge in [-0.05, 0) is 37.8 Å². The molecule has 15 heavy (non-hydrogen) atoms. The number of hydrogen-bond acceptors (Lipinski definition) is 2. The third-order valence-corrected chi connectivity index (χ3v) is 3.36. The van der Waals surface area contributed by atoms with Crippen molar-refractivity contribution in [1.29, 1.82) is 0 Å². The monoisotopic (exact) mass is 211 g/mol. The SMILES string of the molecule is CC1CNC(=O)N(CC2CCNCC2)C1. The summed E-state index contributed by atoms with van der Waals surface area (Å²) in [6.07, 6.45) is 2.41. The number of piperidine rings is 1. The Hall–Kier alpha value is -0.770. The van der Waals surface area contributed by atoms with Gasteiger partial charge in [-0.1, -0.05) is 6.92 Å². The van der Waals surface area contributed by atoms with Crippen LogP contribution in [-0.4, -0.2) is 43.7 Å². The Morgan fingerprint density at radius 2 is 2.13 bits per heavy atom. The van der Waals surface area contributed by atoms with E-state index in [0.29, 0.717) is 11.8 Å². The van der Waals surface area contributed by atoms with Gasteiger partial charge >= 0.3 is 6.03 Å². The average molecular weight is 211 g/mol. The first-order chi connectivity index (χ1) is 7.25. The van der Waals surface area contributed by atoms with E-state index in [0.717, 1.165) is 32.7 Å². The molecule has 0 aromatic carbocycles. The van der Waals surface area contributed by atoms with Crippen LogP contribution in [0.5, 0.6) is 0 Å². The minimum Gasteiger partial charge on any atom is -0.338 e. The Morgan fingerprint density at radius 3 is 2.87 bits per heavy atom. The zero-order valence-electron chi connectivity index (χ0n) is 9.46. The number of nitrogens with zero attached hydrogens (tertiary/aromatic N) is 1. The smallest absolute Gasteiger partial charge is 0.317 e. The number of amides is 2. The van der Waals surface area contributed by atoms with Crippen LogP contribution in [0.1, 0.15) is 19.8 Å². The molecule has 0 aromatic heterocycles. The van der Waals surface area contributed by atoms with E-state index in [1.165, 1.54) is 12.8 Å². The molecule has 2 saturated heterocycles. The van der Waals surface area contributed by atoms with E-state index in [4.69, 9.17) is 0 Å². The van der Waals surface area contributed by atoms with Gasteiger partial charge in [0.15, 0.2) is 0 Å². The first-order valence-electron chi connectivity index (χ1n) is 5.99. The van der Waals surface area contributed by atoms with Crippen molar-refractivity contribution >= 4 is 6.03 Å². The number of nitrogens with one attached hydrogen (secondary N) is 2. The predicted molar refractivity (Wildman–Crippen MR) is 59.7 cm³/mol. The highest BCUT2D eigenvalue weighted by molar-refractivity contribution is 5.74. The molecule has 0 aromatic rings. The molecule has 0 radical (unpaired) electrons. The highest BCUT2D eigenvalue weighted by Gasteiger charge is 2.25. The van der Waals surface area contributed by atoms with Crippen molar-refractivity contribution < 1.29 is 4.79 Å². The van der Waals surface area contributed by atoms with Gasteiger partial charge in [-0.2, -0.15) is 0 Å². The molecular formula is C11H21N3O. The molecule has 1 atom stereocenters. The van der Waals surface area contributed by atoms with Crippen LogP contribution in [0.2, 0.25) is 0 Å². The maximum absolute atomic E-state index is 11.6. The quantitative estimate of drug-likeness (QED) is 0.704. The molecule has 2 N–H and O–H groups in total. The second-order valence-electron chi connectivity index (χ2n) is 4.89. The number of rotatable bonds is 2. The topological polar surface area (TPSA) is 44.4 Å². The molecule has 2 amide bonds. The fourth-order valence-corrected chi connectivity index (χ4v) is 2.43. The van der Waals surface area contributed by atoms with Gasteiger partial charge in [0.2, 0.25) is 0 Å². The van der Waals surface area contributed by atoms with Gasteiger partial charge in [0.1, 0.15) is 0 Å². The third-order valence-electron chi connectivity index (χ3n) is 3.36. The van der Waals surface area contributed by atoms with E-state index in [1.807, 2.05) is 4.90 Å². The first-order valence-corrected chi connectivity index (χ1v) is 5.99. The average Bonchev–Trinajstić information content (AvgIpc) is 2.25. The van der Waals surface area contributed by atoms with Crippen molar-refractivity contribution in [3.63, 3.8) is 0 Å². The van der Waals surface area contributed by atoms with Crippen LogP contribution in [-0.2, 0) is 0 Å². The van der Waals surface area contributed by atoms with E-state index in [1.54, 1.807) is 0 Å². The lowest BCUT2D eigenvalue weighted by Gasteiger charge is -2.35. The molecule has 0 aliphatic carbocycles. The van der Waals surface area contributed by atoms with Gasteiger partial charge in [-0.15, -0.1) is 0 Å². The Morgan fingerprint density at radius 1 is 1.40 bits per heavy atom. The molecular weight excluding hydrogens is 190 g/mol. The van der Waals surface area contributed by atoms with Crippen LogP contribution >= 0.6 is 0 Å². The van der Waals surface area contributed by atoms with Crippen molar-refractivity contribution in [3.8, 4) is 0 Å². The summed E-state index contributed by atoms with van der Waals surface area (Å²) in [5.74, 6) is 1.28. The fraction of sp³-hybridized carbons (Fsp3) is 0.909. The lowest BCUT2D eigenvalue weighted by molar-refractivity contribution is 0.152. The normalized spacial score (nSPS) is 29.0. The van der Waals surface area contributed by atoms with Crippen LogP contribution in [0.3, 0.4) is 0 Å². The zero-order valence-corrected chi connectivity index (χ0v) is 9.46. The largest absolute Gasteiger partial charge is 0.338 e. The number of carbonyl (C=O) groups is 1. The van der Waals surface area contributed by atoms with Gasteiger partial charge in [-0.25, -0.2) is 4.79 Å². The molecule has 0 bridgehead atoms. The molecule has 1 unspecified atom stereocenters. The van der Waals surface area contributed by atoms with E-state index in [-0.39, 0.29) is 6.03 Å². The van der Waals surface area contributed by atoms with Crippen molar-refractivity contribution in [1.82, 2.24) is 15.5 Å². The molecule has 2 fully saturated rings. The Balaban J connectivity index is 1.83. The molecule has 4 nitrogen and oxygen atoms in total. The number of carbonyl (C=O) groups excluding carboxylic acids is 1. The van der Waals surface area contributed by atoms with Crippen LogP contribution in [0.4, 0.5) is 4.79 Å². The Labute approximate surface area is 91.4 Å². The van der Waals surface area contributed by atoms with Gasteiger partial charge in [0.05, 0.1) is 0 Å². The summed E-state index contributed by atoms with van der Waals surface area (Å²) < 4.78 is 0.